The van der Waals surface area contributed by atoms with Gasteiger partial charge in [-0.1, -0.05) is 6.07 Å². The van der Waals surface area contributed by atoms with Crippen LogP contribution in [0.5, 0.6) is 0 Å². The molecule has 1 aliphatic heterocycles. The fraction of sp³-hybridized carbons (Fsp3) is 0.400. The van der Waals surface area contributed by atoms with Crippen molar-refractivity contribution < 1.29 is 14.0 Å². The van der Waals surface area contributed by atoms with Gasteiger partial charge in [-0.2, -0.15) is 0 Å². The second-order valence-corrected chi connectivity index (χ2v) is 11.5. The molecule has 1 fully saturated rings. The van der Waals surface area contributed by atoms with Crippen molar-refractivity contribution in [1.82, 2.24) is 29.5 Å². The number of imidazole rings is 1. The Hall–Kier alpha value is -3.83. The highest BCUT2D eigenvalue weighted by molar-refractivity contribution is 7.14. The number of aryl methyl sites for hydroxylation is 1. The first-order valence-electron chi connectivity index (χ1n) is 13.8. The van der Waals surface area contributed by atoms with E-state index in [1.807, 2.05) is 23.4 Å². The number of thiazole rings is 1. The van der Waals surface area contributed by atoms with Gasteiger partial charge in [0.05, 0.1) is 17.9 Å². The van der Waals surface area contributed by atoms with Gasteiger partial charge in [-0.3, -0.25) is 18.9 Å². The minimum Gasteiger partial charge on any atom is -0.359 e. The number of rotatable bonds is 9. The Kier molecular flexibility index (Phi) is 8.65. The summed E-state index contributed by atoms with van der Waals surface area (Å²) in [6.45, 7) is 2.21. The van der Waals surface area contributed by atoms with E-state index in [4.69, 9.17) is 9.97 Å². The van der Waals surface area contributed by atoms with E-state index in [9.17, 15) is 14.0 Å². The van der Waals surface area contributed by atoms with Gasteiger partial charge in [0.25, 0.3) is 0 Å². The van der Waals surface area contributed by atoms with Crippen LogP contribution in [-0.2, 0) is 16.0 Å². The summed E-state index contributed by atoms with van der Waals surface area (Å²) in [5.74, 6) is 1.06. The Labute approximate surface area is 243 Å². The fourth-order valence-corrected chi connectivity index (χ4v) is 6.04. The second kappa shape index (κ2) is 12.4. The number of carbonyl (C=O) groups excluding carboxylic acids is 2. The van der Waals surface area contributed by atoms with Gasteiger partial charge in [-0.15, -0.1) is 11.3 Å². The zero-order chi connectivity index (χ0) is 29.1. The lowest BCUT2D eigenvalue weighted by molar-refractivity contribution is -0.130. The second-order valence-electron chi connectivity index (χ2n) is 10.7. The highest BCUT2D eigenvalue weighted by Crippen LogP contribution is 2.35. The Balaban J connectivity index is 1.43. The van der Waals surface area contributed by atoms with Crippen LogP contribution in [0.15, 0.2) is 48.0 Å². The van der Waals surface area contributed by atoms with Crippen molar-refractivity contribution in [3.8, 4) is 11.3 Å². The molecule has 0 radical (unpaired) electrons. The summed E-state index contributed by atoms with van der Waals surface area (Å²) in [6, 6.07) is 10.5. The number of aromatic nitrogens is 3. The molecule has 4 heterocycles. The van der Waals surface area contributed by atoms with Gasteiger partial charge in [0.1, 0.15) is 17.3 Å². The van der Waals surface area contributed by atoms with Crippen molar-refractivity contribution in [2.24, 2.45) is 0 Å². The fourth-order valence-electron chi connectivity index (χ4n) is 5.24. The molecule has 9 nitrogen and oxygen atoms in total. The number of pyridine rings is 1. The Morgan fingerprint density at radius 2 is 1.80 bits per heavy atom. The number of nitrogens with zero attached hydrogens (tertiary/aromatic N) is 6. The molecule has 0 saturated carbocycles. The third-order valence-corrected chi connectivity index (χ3v) is 8.62. The first-order valence-corrected chi connectivity index (χ1v) is 14.7. The summed E-state index contributed by atoms with van der Waals surface area (Å²) in [4.78, 5) is 39.9. The number of hydrogen-bond donors (Lipinski definition) is 1. The smallest absolute Gasteiger partial charge is 0.236 e. The molecule has 0 unspecified atom stereocenters. The molecule has 0 atom stereocenters. The molecule has 1 aliphatic rings. The maximum absolute atomic E-state index is 13.5. The van der Waals surface area contributed by atoms with Gasteiger partial charge in [0.2, 0.25) is 11.8 Å². The normalized spacial score (nSPS) is 14.4. The predicted octanol–water partition coefficient (Wildman–Crippen LogP) is 4.31. The quantitative estimate of drug-likeness (QED) is 0.319. The predicted molar refractivity (Wildman–Crippen MR) is 160 cm³/mol. The van der Waals surface area contributed by atoms with Gasteiger partial charge < -0.3 is 15.1 Å². The van der Waals surface area contributed by atoms with Crippen molar-refractivity contribution >= 4 is 39.7 Å². The standard InChI is InChI=1S/C30H36FN7O2S/c1-32-27(39)12-10-24-29(36(4)30-34-25(19-41-30)21-5-8-23(31)9-6-21)38-17-22(7-11-26(38)33-24)20-13-15-37(16-14-20)18-28(40)35(2)3/h5-9,11,17,19-20H,10,12-16,18H2,1-4H3,(H,32,39). The Morgan fingerprint density at radius 3 is 2.49 bits per heavy atom. The molecule has 216 valence electrons. The first-order chi connectivity index (χ1) is 19.7. The first kappa shape index (κ1) is 28.7. The molecule has 0 bridgehead atoms. The van der Waals surface area contributed by atoms with E-state index in [2.05, 4.69) is 26.9 Å². The van der Waals surface area contributed by atoms with E-state index in [-0.39, 0.29) is 17.6 Å². The van der Waals surface area contributed by atoms with Crippen molar-refractivity contribution in [1.29, 1.82) is 0 Å². The number of hydrogen-bond acceptors (Lipinski definition) is 7. The van der Waals surface area contributed by atoms with Gasteiger partial charge in [-0.05, 0) is 67.7 Å². The third kappa shape index (κ3) is 6.41. The zero-order valence-electron chi connectivity index (χ0n) is 23.9. The lowest BCUT2D eigenvalue weighted by Crippen LogP contribution is -2.40. The lowest BCUT2D eigenvalue weighted by atomic mass is 9.90. The van der Waals surface area contributed by atoms with Gasteiger partial charge in [-0.25, -0.2) is 14.4 Å². The van der Waals surface area contributed by atoms with Crippen LogP contribution in [-0.4, -0.2) is 83.8 Å². The zero-order valence-corrected chi connectivity index (χ0v) is 24.7. The van der Waals surface area contributed by atoms with Crippen molar-refractivity contribution in [3.05, 3.63) is 65.0 Å². The lowest BCUT2D eigenvalue weighted by Gasteiger charge is -2.32. The highest BCUT2D eigenvalue weighted by atomic mass is 32.1. The number of carbonyl (C=O) groups is 2. The summed E-state index contributed by atoms with van der Waals surface area (Å²) < 4.78 is 15.6. The number of nitrogens with one attached hydrogen (secondary N) is 1. The number of fused-ring (bicyclic) bond motifs is 1. The van der Waals surface area contributed by atoms with Crippen molar-refractivity contribution in [2.45, 2.75) is 31.6 Å². The van der Waals surface area contributed by atoms with Crippen molar-refractivity contribution in [3.63, 3.8) is 0 Å². The molecule has 11 heteroatoms. The van der Waals surface area contributed by atoms with E-state index in [0.29, 0.717) is 25.3 Å². The summed E-state index contributed by atoms with van der Waals surface area (Å²) in [7, 11) is 7.19. The molecule has 1 N–H and O–H groups in total. The number of likely N-dealkylation sites (N-methyl/N-ethyl adjacent to an activating group) is 1. The Bertz CT molecular complexity index is 1520. The molecular formula is C30H36FN7O2S. The molecule has 0 aliphatic carbocycles. The molecule has 41 heavy (non-hydrogen) atoms. The third-order valence-electron chi connectivity index (χ3n) is 7.71. The molecular weight excluding hydrogens is 541 g/mol. The number of likely N-dealkylation sites (tertiary alicyclic amines) is 1. The van der Waals surface area contributed by atoms with Crippen LogP contribution in [0.1, 0.15) is 36.4 Å². The average Bonchev–Trinajstić information content (AvgIpc) is 3.61. The molecule has 0 spiro atoms. The molecule has 2 amide bonds. The highest BCUT2D eigenvalue weighted by Gasteiger charge is 2.25. The van der Waals surface area contributed by atoms with Crippen LogP contribution in [0.2, 0.25) is 0 Å². The number of anilines is 2. The SMILES string of the molecule is CNC(=O)CCc1nc2ccc(C3CCN(CC(=O)N(C)C)CC3)cn2c1N(C)c1nc(-c2ccc(F)cc2)cs1. The van der Waals surface area contributed by atoms with Crippen LogP contribution in [0.3, 0.4) is 0 Å². The molecule has 3 aromatic heterocycles. The average molecular weight is 578 g/mol. The summed E-state index contributed by atoms with van der Waals surface area (Å²) in [6.07, 6.45) is 4.94. The van der Waals surface area contributed by atoms with Crippen LogP contribution in [0, 0.1) is 5.82 Å². The van der Waals surface area contributed by atoms with Crippen LogP contribution in [0.4, 0.5) is 15.3 Å². The van der Waals surface area contributed by atoms with Gasteiger partial charge in [0.15, 0.2) is 5.13 Å². The minimum atomic E-state index is -0.281. The number of piperidine rings is 1. The van der Waals surface area contributed by atoms with Crippen LogP contribution < -0.4 is 10.2 Å². The van der Waals surface area contributed by atoms with E-state index in [0.717, 1.165) is 59.5 Å². The van der Waals surface area contributed by atoms with E-state index >= 15 is 0 Å². The number of halogens is 1. The maximum atomic E-state index is 13.5. The molecule has 1 aromatic carbocycles. The molecule has 4 aromatic rings. The van der Waals surface area contributed by atoms with E-state index in [1.54, 1.807) is 38.2 Å². The van der Waals surface area contributed by atoms with E-state index < -0.39 is 0 Å². The maximum Gasteiger partial charge on any atom is 0.236 e. The van der Waals surface area contributed by atoms with E-state index in [1.165, 1.54) is 29.0 Å². The molecule has 5 rings (SSSR count). The minimum absolute atomic E-state index is 0.0382. The monoisotopic (exact) mass is 577 g/mol. The van der Waals surface area contributed by atoms with Crippen molar-refractivity contribution in [2.75, 3.05) is 52.7 Å². The number of benzene rings is 1. The van der Waals surface area contributed by atoms with Gasteiger partial charge in [0, 0.05) is 58.2 Å². The summed E-state index contributed by atoms with van der Waals surface area (Å²) in [5.41, 5.74) is 4.49. The summed E-state index contributed by atoms with van der Waals surface area (Å²) >= 11 is 1.50. The largest absolute Gasteiger partial charge is 0.359 e. The topological polar surface area (TPSA) is 86.1 Å². The molecule has 1 saturated heterocycles. The van der Waals surface area contributed by atoms with Crippen LogP contribution in [0.25, 0.3) is 16.9 Å². The number of amides is 2. The Morgan fingerprint density at radius 1 is 1.07 bits per heavy atom. The van der Waals surface area contributed by atoms with Crippen LogP contribution >= 0.6 is 11.3 Å². The summed E-state index contributed by atoms with van der Waals surface area (Å²) in [5, 5.41) is 5.44. The van der Waals surface area contributed by atoms with Gasteiger partial charge >= 0.3 is 0 Å².